The van der Waals surface area contributed by atoms with Gasteiger partial charge in [0.25, 0.3) is 0 Å². The molecule has 1 rings (SSSR count). The lowest BCUT2D eigenvalue weighted by molar-refractivity contribution is 0.302. The van der Waals surface area contributed by atoms with Crippen molar-refractivity contribution < 1.29 is 13.5 Å². The maximum absolute atomic E-state index is 13.3. The Morgan fingerprint density at radius 2 is 2.00 bits per heavy atom. The Bertz CT molecular complexity index is 370. The molecule has 0 atom stereocenters. The van der Waals surface area contributed by atoms with Gasteiger partial charge in [-0.3, -0.25) is 0 Å². The monoisotopic (exact) mass is 231 g/mol. The van der Waals surface area contributed by atoms with Gasteiger partial charge >= 0.3 is 0 Å². The third-order valence-electron chi connectivity index (χ3n) is 1.76. The van der Waals surface area contributed by atoms with E-state index in [2.05, 4.69) is 12.6 Å². The van der Waals surface area contributed by atoms with Crippen molar-refractivity contribution >= 4 is 18.3 Å². The van der Waals surface area contributed by atoms with Crippen molar-refractivity contribution in [3.8, 4) is 5.75 Å². The van der Waals surface area contributed by atoms with E-state index < -0.39 is 11.6 Å². The van der Waals surface area contributed by atoms with E-state index in [4.69, 9.17) is 10.5 Å². The lowest BCUT2D eigenvalue weighted by atomic mass is 10.1. The maximum atomic E-state index is 13.3. The van der Waals surface area contributed by atoms with Gasteiger partial charge in [-0.2, -0.15) is 0 Å². The van der Waals surface area contributed by atoms with Crippen LogP contribution in [0.25, 0.3) is 5.70 Å². The van der Waals surface area contributed by atoms with Gasteiger partial charge in [-0.1, -0.05) is 0 Å². The van der Waals surface area contributed by atoms with E-state index in [1.807, 2.05) is 0 Å². The second-order valence-electron chi connectivity index (χ2n) is 2.79. The largest absolute Gasteiger partial charge is 0.488 e. The highest BCUT2D eigenvalue weighted by Gasteiger charge is 2.12. The number of rotatable bonds is 3. The Morgan fingerprint density at radius 1 is 1.47 bits per heavy atom. The molecular formula is C10H11F2NOS. The molecule has 5 heteroatoms. The third-order valence-corrected chi connectivity index (χ3v) is 2.04. The molecule has 1 aromatic carbocycles. The van der Waals surface area contributed by atoms with E-state index >= 15 is 0 Å². The molecule has 0 aromatic heterocycles. The van der Waals surface area contributed by atoms with Crippen LogP contribution >= 0.6 is 12.6 Å². The van der Waals surface area contributed by atoms with Gasteiger partial charge in [0.15, 0.2) is 17.4 Å². The zero-order chi connectivity index (χ0) is 11.4. The fourth-order valence-corrected chi connectivity index (χ4v) is 1.23. The average molecular weight is 231 g/mol. The number of ether oxygens (including phenoxy) is 1. The molecule has 0 fully saturated rings. The summed E-state index contributed by atoms with van der Waals surface area (Å²) >= 11 is 3.80. The van der Waals surface area contributed by atoms with Crippen LogP contribution in [0.1, 0.15) is 12.5 Å². The first-order valence-corrected chi connectivity index (χ1v) is 4.83. The molecule has 82 valence electrons. The Balaban J connectivity index is 3.19. The number of hydrogen-bond donors (Lipinski definition) is 2. The maximum Gasteiger partial charge on any atom is 0.190 e. The molecule has 0 bridgehead atoms. The zero-order valence-electron chi connectivity index (χ0n) is 8.13. The van der Waals surface area contributed by atoms with E-state index in [0.29, 0.717) is 0 Å². The van der Waals surface area contributed by atoms with Crippen LogP contribution in [0.15, 0.2) is 17.5 Å². The molecule has 2 nitrogen and oxygen atoms in total. The minimum Gasteiger partial charge on any atom is -0.488 e. The summed E-state index contributed by atoms with van der Waals surface area (Å²) in [6.45, 7) is 1.85. The summed E-state index contributed by atoms with van der Waals surface area (Å²) in [6, 6.07) is 2.21. The van der Waals surface area contributed by atoms with Gasteiger partial charge in [-0.15, -0.1) is 12.6 Å². The summed E-state index contributed by atoms with van der Waals surface area (Å²) in [7, 11) is 0. The van der Waals surface area contributed by atoms with Gasteiger partial charge in [0.2, 0.25) is 0 Å². The van der Waals surface area contributed by atoms with Crippen molar-refractivity contribution in [3.05, 3.63) is 34.7 Å². The fraction of sp³-hybridized carbons (Fsp3) is 0.200. The van der Waals surface area contributed by atoms with Gasteiger partial charge in [-0.25, -0.2) is 8.78 Å². The molecule has 0 aliphatic rings. The van der Waals surface area contributed by atoms with Crippen molar-refractivity contribution in [1.29, 1.82) is 0 Å². The van der Waals surface area contributed by atoms with E-state index in [0.717, 1.165) is 12.1 Å². The fourth-order valence-electron chi connectivity index (χ4n) is 1.08. The summed E-state index contributed by atoms with van der Waals surface area (Å²) in [5, 5.41) is 1.27. The third kappa shape index (κ3) is 2.62. The number of benzene rings is 1. The Hall–Kier alpha value is -1.23. The summed E-state index contributed by atoms with van der Waals surface area (Å²) in [4.78, 5) is 0. The van der Waals surface area contributed by atoms with Crippen LogP contribution in [-0.2, 0) is 0 Å². The number of hydrogen-bond acceptors (Lipinski definition) is 3. The van der Waals surface area contributed by atoms with Gasteiger partial charge in [-0.05, 0) is 24.5 Å². The highest BCUT2D eigenvalue weighted by atomic mass is 32.1. The second kappa shape index (κ2) is 5.02. The van der Waals surface area contributed by atoms with Gasteiger partial charge < -0.3 is 10.5 Å². The molecule has 0 amide bonds. The first-order chi connectivity index (χ1) is 7.10. The highest BCUT2D eigenvalue weighted by molar-refractivity contribution is 7.83. The topological polar surface area (TPSA) is 35.2 Å². The molecule has 0 saturated heterocycles. The van der Waals surface area contributed by atoms with Crippen LogP contribution in [0.3, 0.4) is 0 Å². The molecule has 0 aliphatic heterocycles. The zero-order valence-corrected chi connectivity index (χ0v) is 9.02. The van der Waals surface area contributed by atoms with E-state index in [1.54, 1.807) is 6.92 Å². The number of nitrogens with two attached hydrogens (primary N) is 1. The van der Waals surface area contributed by atoms with Crippen LogP contribution in [0, 0.1) is 11.6 Å². The van der Waals surface area contributed by atoms with Gasteiger partial charge in [0.05, 0.1) is 6.61 Å². The van der Waals surface area contributed by atoms with Crippen LogP contribution in [-0.4, -0.2) is 6.61 Å². The van der Waals surface area contributed by atoms with Crippen molar-refractivity contribution in [2.45, 2.75) is 6.92 Å². The minimum absolute atomic E-state index is 0.194. The van der Waals surface area contributed by atoms with Crippen LogP contribution in [0.2, 0.25) is 0 Å². The molecule has 0 unspecified atom stereocenters. The predicted molar refractivity (Wildman–Crippen MR) is 58.7 cm³/mol. The molecule has 2 N–H and O–H groups in total. The van der Waals surface area contributed by atoms with Gasteiger partial charge in [0.1, 0.15) is 0 Å². The van der Waals surface area contributed by atoms with E-state index in [-0.39, 0.29) is 23.6 Å². The quantitative estimate of drug-likeness (QED) is 0.784. The molecule has 0 saturated carbocycles. The summed E-state index contributed by atoms with van der Waals surface area (Å²) < 4.78 is 31.5. The van der Waals surface area contributed by atoms with Gasteiger partial charge in [0, 0.05) is 11.3 Å². The van der Waals surface area contributed by atoms with E-state index in [9.17, 15) is 8.78 Å². The Labute approximate surface area is 92.1 Å². The molecule has 1 aromatic rings. The summed E-state index contributed by atoms with van der Waals surface area (Å²) in [5.41, 5.74) is 5.90. The van der Waals surface area contributed by atoms with Crippen LogP contribution < -0.4 is 10.5 Å². The predicted octanol–water partition coefficient (Wildman–Crippen LogP) is 2.55. The minimum atomic E-state index is -0.773. The van der Waals surface area contributed by atoms with Crippen molar-refractivity contribution in [1.82, 2.24) is 0 Å². The highest BCUT2D eigenvalue weighted by Crippen LogP contribution is 2.25. The lowest BCUT2D eigenvalue weighted by Gasteiger charge is -2.08. The molecule has 0 radical (unpaired) electrons. The standard InChI is InChI=1S/C10H11F2NOS/c1-2-14-10-7(11)3-6(4-8(10)12)9(13)5-15/h3-5,15H,2,13H2,1H3/b9-5-. The molecular weight excluding hydrogens is 220 g/mol. The first-order valence-electron chi connectivity index (χ1n) is 4.32. The van der Waals surface area contributed by atoms with E-state index in [1.165, 1.54) is 5.41 Å². The smallest absolute Gasteiger partial charge is 0.190 e. The second-order valence-corrected chi connectivity index (χ2v) is 3.04. The Morgan fingerprint density at radius 3 is 2.40 bits per heavy atom. The summed E-state index contributed by atoms with van der Waals surface area (Å²) in [5.74, 6) is -1.93. The number of thiol groups is 1. The Kier molecular flexibility index (Phi) is 3.96. The SMILES string of the molecule is CCOc1c(F)cc(/C(N)=C/S)cc1F. The summed E-state index contributed by atoms with van der Waals surface area (Å²) in [6.07, 6.45) is 0. The van der Waals surface area contributed by atoms with Crippen molar-refractivity contribution in [3.63, 3.8) is 0 Å². The number of halogens is 2. The van der Waals surface area contributed by atoms with Crippen LogP contribution in [0.5, 0.6) is 5.75 Å². The molecule has 0 spiro atoms. The average Bonchev–Trinajstić information content (AvgIpc) is 2.22. The van der Waals surface area contributed by atoms with Crippen molar-refractivity contribution in [2.24, 2.45) is 5.73 Å². The first kappa shape index (κ1) is 11.8. The molecule has 0 heterocycles. The molecule has 0 aliphatic carbocycles. The van der Waals surface area contributed by atoms with Crippen molar-refractivity contribution in [2.75, 3.05) is 6.61 Å². The normalized spacial score (nSPS) is 11.6. The van der Waals surface area contributed by atoms with Crippen LogP contribution in [0.4, 0.5) is 8.78 Å². The lowest BCUT2D eigenvalue weighted by Crippen LogP contribution is -2.02. The molecule has 15 heavy (non-hydrogen) atoms.